The van der Waals surface area contributed by atoms with Crippen molar-refractivity contribution < 1.29 is 13.2 Å². The molecule has 0 amide bonds. The van der Waals surface area contributed by atoms with Crippen LogP contribution in [0, 0.1) is 6.92 Å². The van der Waals surface area contributed by atoms with Crippen LogP contribution in [-0.2, 0) is 13.2 Å². The zero-order valence-electron chi connectivity index (χ0n) is 5.98. The molecule has 1 aromatic heterocycles. The molecule has 0 atom stereocenters. The minimum Gasteiger partial charge on any atom is -0.252 e. The lowest BCUT2D eigenvalue weighted by atomic mass is 10.3. The quantitative estimate of drug-likeness (QED) is 0.577. The fourth-order valence-corrected chi connectivity index (χ4v) is 0.666. The second-order valence-electron chi connectivity index (χ2n) is 2.14. The molecular formula is C5H6F3N3. The van der Waals surface area contributed by atoms with Gasteiger partial charge in [-0.15, -0.1) is 5.10 Å². The van der Waals surface area contributed by atoms with Crippen LogP contribution in [0.15, 0.2) is 0 Å². The first kappa shape index (κ1) is 8.03. The predicted molar refractivity (Wildman–Crippen MR) is 30.7 cm³/mol. The van der Waals surface area contributed by atoms with Gasteiger partial charge in [0, 0.05) is 7.05 Å². The average Bonchev–Trinajstić information content (AvgIpc) is 2.11. The highest BCUT2D eigenvalue weighted by molar-refractivity contribution is 5.10. The molecule has 6 heteroatoms. The molecule has 1 heterocycles. The summed E-state index contributed by atoms with van der Waals surface area (Å²) in [6.07, 6.45) is -4.39. The molecule has 0 N–H and O–H groups in total. The highest BCUT2D eigenvalue weighted by Gasteiger charge is 2.36. The summed E-state index contributed by atoms with van der Waals surface area (Å²) in [5.74, 6) is 0. The van der Waals surface area contributed by atoms with E-state index in [1.807, 2.05) is 0 Å². The highest BCUT2D eigenvalue weighted by atomic mass is 19.4. The van der Waals surface area contributed by atoms with Crippen molar-refractivity contribution >= 4 is 0 Å². The fraction of sp³-hybridized carbons (Fsp3) is 0.600. The van der Waals surface area contributed by atoms with Gasteiger partial charge in [0.1, 0.15) is 0 Å². The molecule has 11 heavy (non-hydrogen) atoms. The number of aryl methyl sites for hydroxylation is 1. The largest absolute Gasteiger partial charge is 0.437 e. The maximum absolute atomic E-state index is 11.9. The molecule has 0 aliphatic heterocycles. The SMILES string of the molecule is Cc1c(C(F)(F)F)nnn1C. The maximum Gasteiger partial charge on any atom is 0.437 e. The lowest BCUT2D eigenvalue weighted by molar-refractivity contribution is -0.141. The van der Waals surface area contributed by atoms with Gasteiger partial charge in [0.15, 0.2) is 5.69 Å². The van der Waals surface area contributed by atoms with Crippen molar-refractivity contribution in [1.29, 1.82) is 0 Å². The van der Waals surface area contributed by atoms with Gasteiger partial charge < -0.3 is 0 Å². The molecule has 0 bridgehead atoms. The van der Waals surface area contributed by atoms with Crippen molar-refractivity contribution in [2.45, 2.75) is 13.1 Å². The molecule has 1 aromatic rings. The zero-order valence-corrected chi connectivity index (χ0v) is 5.98. The van der Waals surface area contributed by atoms with Crippen LogP contribution in [0.4, 0.5) is 13.2 Å². The van der Waals surface area contributed by atoms with Crippen LogP contribution in [0.2, 0.25) is 0 Å². The number of aromatic nitrogens is 3. The Morgan fingerprint density at radius 1 is 1.36 bits per heavy atom. The van der Waals surface area contributed by atoms with E-state index in [1.54, 1.807) is 0 Å². The minimum atomic E-state index is -4.39. The van der Waals surface area contributed by atoms with E-state index in [2.05, 4.69) is 10.3 Å². The number of hydrogen-bond donors (Lipinski definition) is 0. The van der Waals surface area contributed by atoms with Crippen molar-refractivity contribution in [2.24, 2.45) is 7.05 Å². The van der Waals surface area contributed by atoms with Crippen LogP contribution < -0.4 is 0 Å². The summed E-state index contributed by atoms with van der Waals surface area (Å²) in [6.45, 7) is 1.32. The first-order valence-corrected chi connectivity index (χ1v) is 2.86. The Labute approximate surface area is 60.8 Å². The molecule has 0 aliphatic rings. The van der Waals surface area contributed by atoms with Gasteiger partial charge in [0.2, 0.25) is 0 Å². The van der Waals surface area contributed by atoms with Crippen molar-refractivity contribution in [1.82, 2.24) is 15.0 Å². The van der Waals surface area contributed by atoms with Crippen molar-refractivity contribution in [3.63, 3.8) is 0 Å². The molecule has 3 nitrogen and oxygen atoms in total. The highest BCUT2D eigenvalue weighted by Crippen LogP contribution is 2.28. The Morgan fingerprint density at radius 3 is 2.09 bits per heavy atom. The van der Waals surface area contributed by atoms with Crippen molar-refractivity contribution in [3.8, 4) is 0 Å². The normalized spacial score (nSPS) is 12.1. The monoisotopic (exact) mass is 165 g/mol. The van der Waals surface area contributed by atoms with E-state index >= 15 is 0 Å². The standard InChI is InChI=1S/C5H6F3N3/c1-3-4(5(6,7)8)9-10-11(3)2/h1-2H3. The summed E-state index contributed by atoms with van der Waals surface area (Å²) < 4.78 is 36.9. The van der Waals surface area contributed by atoms with E-state index in [4.69, 9.17) is 0 Å². The lowest BCUT2D eigenvalue weighted by Crippen LogP contribution is -2.08. The summed E-state index contributed by atoms with van der Waals surface area (Å²) in [6, 6.07) is 0. The van der Waals surface area contributed by atoms with Crippen LogP contribution in [0.25, 0.3) is 0 Å². The van der Waals surface area contributed by atoms with E-state index in [0.717, 1.165) is 4.68 Å². The van der Waals surface area contributed by atoms with E-state index in [-0.39, 0.29) is 5.69 Å². The Balaban J connectivity index is 3.15. The summed E-state index contributed by atoms with van der Waals surface area (Å²) in [4.78, 5) is 0. The molecule has 1 rings (SSSR count). The van der Waals surface area contributed by atoms with Gasteiger partial charge in [-0.3, -0.25) is 4.68 Å². The second kappa shape index (κ2) is 2.21. The Morgan fingerprint density at radius 2 is 1.91 bits per heavy atom. The number of halogens is 3. The maximum atomic E-state index is 11.9. The second-order valence-corrected chi connectivity index (χ2v) is 2.14. The number of alkyl halides is 3. The van der Waals surface area contributed by atoms with Gasteiger partial charge in [0.25, 0.3) is 0 Å². The molecule has 0 saturated carbocycles. The summed E-state index contributed by atoms with van der Waals surface area (Å²) in [5.41, 5.74) is -0.891. The fourth-order valence-electron chi connectivity index (χ4n) is 0.666. The van der Waals surface area contributed by atoms with Crippen molar-refractivity contribution in [3.05, 3.63) is 11.4 Å². The molecule has 0 saturated heterocycles. The van der Waals surface area contributed by atoms with Crippen LogP contribution in [0.1, 0.15) is 11.4 Å². The van der Waals surface area contributed by atoms with Crippen molar-refractivity contribution in [2.75, 3.05) is 0 Å². The van der Waals surface area contributed by atoms with E-state index in [9.17, 15) is 13.2 Å². The van der Waals surface area contributed by atoms with E-state index < -0.39 is 11.9 Å². The lowest BCUT2D eigenvalue weighted by Gasteiger charge is -2.01. The van der Waals surface area contributed by atoms with E-state index in [0.29, 0.717) is 0 Å². The average molecular weight is 165 g/mol. The van der Waals surface area contributed by atoms with Crippen LogP contribution in [0.3, 0.4) is 0 Å². The van der Waals surface area contributed by atoms with Gasteiger partial charge in [-0.05, 0) is 6.92 Å². The van der Waals surface area contributed by atoms with Gasteiger partial charge in [-0.1, -0.05) is 5.21 Å². The molecule has 0 aromatic carbocycles. The van der Waals surface area contributed by atoms with Crippen LogP contribution in [0.5, 0.6) is 0 Å². The minimum absolute atomic E-state index is 0.0255. The molecule has 0 radical (unpaired) electrons. The summed E-state index contributed by atoms with van der Waals surface area (Å²) >= 11 is 0. The molecular weight excluding hydrogens is 159 g/mol. The Bertz CT molecular complexity index is 262. The van der Waals surface area contributed by atoms with E-state index in [1.165, 1.54) is 14.0 Å². The first-order valence-electron chi connectivity index (χ1n) is 2.86. The smallest absolute Gasteiger partial charge is 0.252 e. The third kappa shape index (κ3) is 1.33. The van der Waals surface area contributed by atoms with Crippen LogP contribution in [-0.4, -0.2) is 15.0 Å². The third-order valence-electron chi connectivity index (χ3n) is 1.38. The van der Waals surface area contributed by atoms with Gasteiger partial charge in [0.05, 0.1) is 5.69 Å². The molecule has 0 fully saturated rings. The predicted octanol–water partition coefficient (Wildman–Crippen LogP) is 1.14. The van der Waals surface area contributed by atoms with Gasteiger partial charge in [-0.25, -0.2) is 0 Å². The summed E-state index contributed by atoms with van der Waals surface area (Å²) in [5, 5.41) is 6.20. The summed E-state index contributed by atoms with van der Waals surface area (Å²) in [7, 11) is 1.41. The Kier molecular flexibility index (Phi) is 1.62. The van der Waals surface area contributed by atoms with Gasteiger partial charge >= 0.3 is 6.18 Å². The number of rotatable bonds is 0. The van der Waals surface area contributed by atoms with Gasteiger partial charge in [-0.2, -0.15) is 13.2 Å². The zero-order chi connectivity index (χ0) is 8.65. The third-order valence-corrected chi connectivity index (χ3v) is 1.38. The number of nitrogens with zero attached hydrogens (tertiary/aromatic N) is 3. The molecule has 0 unspecified atom stereocenters. The van der Waals surface area contributed by atoms with Crippen LogP contribution >= 0.6 is 0 Å². The molecule has 0 aliphatic carbocycles. The Hall–Kier alpha value is -1.07. The molecule has 0 spiro atoms. The first-order chi connectivity index (χ1) is 4.93. The molecule has 62 valence electrons. The number of hydrogen-bond acceptors (Lipinski definition) is 2. The topological polar surface area (TPSA) is 30.7 Å².